The highest BCUT2D eigenvalue weighted by molar-refractivity contribution is 6.01. The molecule has 0 aromatic heterocycles. The van der Waals surface area contributed by atoms with Gasteiger partial charge in [-0.15, -0.1) is 0 Å². The second kappa shape index (κ2) is 11.8. The molecule has 1 saturated heterocycles. The molecular weight excluding hydrogens is 436 g/mol. The first-order chi connectivity index (χ1) is 16.3. The normalized spacial score (nSPS) is 15.0. The van der Waals surface area contributed by atoms with Crippen molar-refractivity contribution in [1.29, 1.82) is 0 Å². The molecule has 9 nitrogen and oxygen atoms in total. The number of benzene rings is 2. The topological polar surface area (TPSA) is 128 Å². The average molecular weight is 467 g/mol. The predicted molar refractivity (Wildman–Crippen MR) is 130 cm³/mol. The summed E-state index contributed by atoms with van der Waals surface area (Å²) < 4.78 is 0. The first kappa shape index (κ1) is 24.8. The summed E-state index contributed by atoms with van der Waals surface area (Å²) >= 11 is 0. The van der Waals surface area contributed by atoms with Crippen molar-refractivity contribution in [1.82, 2.24) is 4.90 Å². The number of amides is 4. The van der Waals surface area contributed by atoms with Gasteiger partial charge in [0.15, 0.2) is 0 Å². The van der Waals surface area contributed by atoms with E-state index in [2.05, 4.69) is 16.0 Å². The van der Waals surface area contributed by atoms with Crippen LogP contribution in [0.15, 0.2) is 48.5 Å². The van der Waals surface area contributed by atoms with Gasteiger partial charge in [-0.3, -0.25) is 14.4 Å². The van der Waals surface area contributed by atoms with E-state index >= 15 is 0 Å². The van der Waals surface area contributed by atoms with Crippen molar-refractivity contribution in [2.45, 2.75) is 51.5 Å². The van der Waals surface area contributed by atoms with E-state index in [0.717, 1.165) is 17.7 Å². The van der Waals surface area contributed by atoms with E-state index < -0.39 is 12.0 Å². The third-order valence-corrected chi connectivity index (χ3v) is 5.71. The lowest BCUT2D eigenvalue weighted by molar-refractivity contribution is -0.138. The molecule has 9 heteroatoms. The number of unbranched alkanes of at least 4 members (excludes halogenated alkanes) is 1. The van der Waals surface area contributed by atoms with Gasteiger partial charge >= 0.3 is 12.0 Å². The third kappa shape index (κ3) is 7.06. The molecule has 0 bridgehead atoms. The maximum atomic E-state index is 12.8. The highest BCUT2D eigenvalue weighted by Crippen LogP contribution is 2.22. The number of carboxylic acid groups (broad SMARTS) is 1. The number of carbonyl (C=O) groups excluding carboxylic acids is 3. The Balaban J connectivity index is 1.49. The zero-order valence-corrected chi connectivity index (χ0v) is 19.2. The summed E-state index contributed by atoms with van der Waals surface area (Å²) in [7, 11) is 0. The average Bonchev–Trinajstić information content (AvgIpc) is 3.30. The van der Waals surface area contributed by atoms with Gasteiger partial charge in [0.25, 0.3) is 0 Å². The number of nitrogens with zero attached hydrogens (tertiary/aromatic N) is 1. The molecule has 180 valence electrons. The van der Waals surface area contributed by atoms with Gasteiger partial charge in [-0.05, 0) is 68.5 Å². The van der Waals surface area contributed by atoms with Crippen LogP contribution in [-0.2, 0) is 14.4 Å². The van der Waals surface area contributed by atoms with Gasteiger partial charge in [0.2, 0.25) is 11.8 Å². The molecule has 2 aromatic rings. The first-order valence-electron chi connectivity index (χ1n) is 11.4. The van der Waals surface area contributed by atoms with Crippen molar-refractivity contribution in [3.05, 3.63) is 54.1 Å². The Morgan fingerprint density at radius 1 is 0.912 bits per heavy atom. The number of likely N-dealkylation sites (tertiary alicyclic amines) is 1. The van der Waals surface area contributed by atoms with Crippen LogP contribution in [0.2, 0.25) is 0 Å². The van der Waals surface area contributed by atoms with Crippen LogP contribution >= 0.6 is 0 Å². The number of carbonyl (C=O) groups is 4. The minimum Gasteiger partial charge on any atom is -0.481 e. The number of hydrogen-bond donors (Lipinski definition) is 4. The van der Waals surface area contributed by atoms with Gasteiger partial charge in [-0.25, -0.2) is 4.79 Å². The monoisotopic (exact) mass is 466 g/mol. The number of aliphatic carboxylic acids is 1. The molecule has 1 atom stereocenters. The van der Waals surface area contributed by atoms with E-state index in [1.54, 1.807) is 29.2 Å². The quantitative estimate of drug-likeness (QED) is 0.412. The van der Waals surface area contributed by atoms with Crippen molar-refractivity contribution in [3.63, 3.8) is 0 Å². The van der Waals surface area contributed by atoms with Crippen molar-refractivity contribution >= 4 is 40.9 Å². The summed E-state index contributed by atoms with van der Waals surface area (Å²) in [5, 5.41) is 17.1. The Morgan fingerprint density at radius 2 is 1.56 bits per heavy atom. The molecule has 1 aliphatic heterocycles. The minimum atomic E-state index is -0.876. The number of rotatable bonds is 9. The SMILES string of the molecule is Cc1ccccc1NC(=O)Nc1ccc(NC(=O)[C@@H]2CCCN2C(=O)CCCCC(=O)O)cc1. The van der Waals surface area contributed by atoms with Crippen LogP contribution in [0.4, 0.5) is 21.9 Å². The molecule has 34 heavy (non-hydrogen) atoms. The maximum Gasteiger partial charge on any atom is 0.323 e. The Morgan fingerprint density at radius 3 is 2.24 bits per heavy atom. The summed E-state index contributed by atoms with van der Waals surface area (Å²) in [6, 6.07) is 13.3. The van der Waals surface area contributed by atoms with Gasteiger partial charge in [-0.2, -0.15) is 0 Å². The summed E-state index contributed by atoms with van der Waals surface area (Å²) in [5.74, 6) is -1.25. The number of para-hydroxylation sites is 1. The second-order valence-electron chi connectivity index (χ2n) is 8.31. The number of urea groups is 1. The summed E-state index contributed by atoms with van der Waals surface area (Å²) in [5.41, 5.74) is 2.82. The molecule has 4 N–H and O–H groups in total. The highest BCUT2D eigenvalue weighted by atomic mass is 16.4. The van der Waals surface area contributed by atoms with Crippen LogP contribution in [0, 0.1) is 6.92 Å². The Hall–Kier alpha value is -3.88. The lowest BCUT2D eigenvalue weighted by atomic mass is 10.1. The smallest absolute Gasteiger partial charge is 0.323 e. The van der Waals surface area contributed by atoms with Gasteiger partial charge < -0.3 is 26.0 Å². The lowest BCUT2D eigenvalue weighted by Gasteiger charge is -2.24. The zero-order chi connectivity index (χ0) is 24.5. The van der Waals surface area contributed by atoms with Crippen molar-refractivity contribution < 1.29 is 24.3 Å². The largest absolute Gasteiger partial charge is 0.481 e. The highest BCUT2D eigenvalue weighted by Gasteiger charge is 2.33. The van der Waals surface area contributed by atoms with E-state index in [0.29, 0.717) is 37.2 Å². The van der Waals surface area contributed by atoms with E-state index in [9.17, 15) is 19.2 Å². The standard InChI is InChI=1S/C25H30N4O5/c1-17-7-2-3-8-20(17)28-25(34)27-19-14-12-18(13-15-19)26-24(33)21-9-6-16-29(21)22(30)10-4-5-11-23(31)32/h2-3,7-8,12-15,21H,4-6,9-11,16H2,1H3,(H,26,33)(H,31,32)(H2,27,28,34)/t21-/m0/s1. The zero-order valence-electron chi connectivity index (χ0n) is 19.2. The molecule has 0 saturated carbocycles. The van der Waals surface area contributed by atoms with Crippen molar-refractivity contribution in [3.8, 4) is 0 Å². The number of carboxylic acids is 1. The molecule has 4 amide bonds. The fourth-order valence-corrected chi connectivity index (χ4v) is 3.89. The van der Waals surface area contributed by atoms with Crippen LogP contribution in [0.3, 0.4) is 0 Å². The van der Waals surface area contributed by atoms with Gasteiger partial charge in [0.1, 0.15) is 6.04 Å². The maximum absolute atomic E-state index is 12.8. The number of hydrogen-bond acceptors (Lipinski definition) is 4. The molecule has 0 unspecified atom stereocenters. The van der Waals surface area contributed by atoms with E-state index in [1.807, 2.05) is 31.2 Å². The number of anilines is 3. The Kier molecular flexibility index (Phi) is 8.61. The molecule has 1 fully saturated rings. The van der Waals surface area contributed by atoms with E-state index in [1.165, 1.54) is 0 Å². The summed E-state index contributed by atoms with van der Waals surface area (Å²) in [6.45, 7) is 2.43. The molecule has 3 rings (SSSR count). The lowest BCUT2D eigenvalue weighted by Crippen LogP contribution is -2.43. The molecule has 1 aliphatic rings. The van der Waals surface area contributed by atoms with Crippen molar-refractivity contribution in [2.75, 3.05) is 22.5 Å². The molecule has 1 heterocycles. The van der Waals surface area contributed by atoms with Crippen molar-refractivity contribution in [2.24, 2.45) is 0 Å². The molecule has 2 aromatic carbocycles. The molecular formula is C25H30N4O5. The van der Waals surface area contributed by atoms with E-state index in [-0.39, 0.29) is 30.7 Å². The predicted octanol–water partition coefficient (Wildman–Crippen LogP) is 4.21. The van der Waals surface area contributed by atoms with Crippen LogP contribution in [0.5, 0.6) is 0 Å². The van der Waals surface area contributed by atoms with Crippen LogP contribution < -0.4 is 16.0 Å². The minimum absolute atomic E-state index is 0.0373. The summed E-state index contributed by atoms with van der Waals surface area (Å²) in [6.07, 6.45) is 2.54. The van der Waals surface area contributed by atoms with Gasteiger partial charge in [-0.1, -0.05) is 18.2 Å². The van der Waals surface area contributed by atoms with Gasteiger partial charge in [0, 0.05) is 36.4 Å². The van der Waals surface area contributed by atoms with Gasteiger partial charge in [0.05, 0.1) is 0 Å². The van der Waals surface area contributed by atoms with E-state index in [4.69, 9.17) is 5.11 Å². The third-order valence-electron chi connectivity index (χ3n) is 5.71. The summed E-state index contributed by atoms with van der Waals surface area (Å²) in [4.78, 5) is 49.7. The van der Waals surface area contributed by atoms with Crippen LogP contribution in [0.1, 0.15) is 44.1 Å². The first-order valence-corrected chi connectivity index (χ1v) is 11.4. The molecule has 0 radical (unpaired) electrons. The van der Waals surface area contributed by atoms with Crippen LogP contribution in [0.25, 0.3) is 0 Å². The number of nitrogens with one attached hydrogen (secondary N) is 3. The Bertz CT molecular complexity index is 1040. The number of aryl methyl sites for hydroxylation is 1. The molecule has 0 aliphatic carbocycles. The Labute approximate surface area is 198 Å². The fourth-order valence-electron chi connectivity index (χ4n) is 3.89. The molecule has 0 spiro atoms. The fraction of sp³-hybridized carbons (Fsp3) is 0.360. The van der Waals surface area contributed by atoms with Crippen LogP contribution in [-0.4, -0.2) is 46.4 Å². The second-order valence-corrected chi connectivity index (χ2v) is 8.31.